The van der Waals surface area contributed by atoms with Crippen LogP contribution in [0.4, 0.5) is 5.69 Å². The number of nitrogens with one attached hydrogen (secondary N) is 2. The van der Waals surface area contributed by atoms with Gasteiger partial charge in [-0.05, 0) is 50.2 Å². The highest BCUT2D eigenvalue weighted by Crippen LogP contribution is 2.13. The summed E-state index contributed by atoms with van der Waals surface area (Å²) in [6, 6.07) is 10.2. The number of carbonyl (C=O) groups is 2. The summed E-state index contributed by atoms with van der Waals surface area (Å²) < 4.78 is 10.1. The van der Waals surface area contributed by atoms with E-state index in [0.29, 0.717) is 17.9 Å². The van der Waals surface area contributed by atoms with Crippen LogP contribution in [0.3, 0.4) is 0 Å². The van der Waals surface area contributed by atoms with Gasteiger partial charge < -0.3 is 19.8 Å². The molecule has 23 heavy (non-hydrogen) atoms. The van der Waals surface area contributed by atoms with Gasteiger partial charge in [0.1, 0.15) is 5.76 Å². The van der Waals surface area contributed by atoms with Crippen LogP contribution in [0.25, 0.3) is 0 Å². The van der Waals surface area contributed by atoms with Gasteiger partial charge >= 0.3 is 5.97 Å². The Hall–Kier alpha value is -2.76. The van der Waals surface area contributed by atoms with Gasteiger partial charge in [0.05, 0.1) is 31.0 Å². The number of hydrogen-bond acceptors (Lipinski definition) is 5. The summed E-state index contributed by atoms with van der Waals surface area (Å²) in [6.07, 6.45) is 1.57. The molecular formula is C17H20N2O4. The molecule has 1 aromatic heterocycles. The van der Waals surface area contributed by atoms with E-state index in [2.05, 4.69) is 10.6 Å². The first-order valence-electron chi connectivity index (χ1n) is 7.44. The molecule has 0 fully saturated rings. The van der Waals surface area contributed by atoms with Gasteiger partial charge in [-0.15, -0.1) is 0 Å². The van der Waals surface area contributed by atoms with E-state index in [-0.39, 0.29) is 24.5 Å². The highest BCUT2D eigenvalue weighted by molar-refractivity contribution is 5.90. The molecule has 0 spiro atoms. The summed E-state index contributed by atoms with van der Waals surface area (Å²) >= 11 is 0. The molecule has 0 radical (unpaired) electrons. The van der Waals surface area contributed by atoms with E-state index < -0.39 is 0 Å². The number of carbonyl (C=O) groups excluding carboxylic acids is 2. The minimum Gasteiger partial charge on any atom is -0.467 e. The lowest BCUT2D eigenvalue weighted by Gasteiger charge is -2.12. The molecule has 2 aromatic rings. The molecule has 6 nitrogen and oxygen atoms in total. The van der Waals surface area contributed by atoms with Gasteiger partial charge in [0.2, 0.25) is 5.91 Å². The van der Waals surface area contributed by atoms with Crippen molar-refractivity contribution in [2.45, 2.75) is 19.9 Å². The Balaban J connectivity index is 1.81. The van der Waals surface area contributed by atoms with E-state index in [1.807, 2.05) is 13.0 Å². The fourth-order valence-electron chi connectivity index (χ4n) is 2.02. The molecule has 0 aliphatic heterocycles. The number of anilines is 1. The third kappa shape index (κ3) is 4.88. The van der Waals surface area contributed by atoms with Crippen LogP contribution in [-0.4, -0.2) is 25.0 Å². The Kier molecular flexibility index (Phi) is 5.80. The first kappa shape index (κ1) is 16.6. The van der Waals surface area contributed by atoms with Gasteiger partial charge in [0, 0.05) is 5.69 Å². The molecule has 1 atom stereocenters. The predicted octanol–water partition coefficient (Wildman–Crippen LogP) is 2.75. The van der Waals surface area contributed by atoms with Crippen molar-refractivity contribution in [3.8, 4) is 0 Å². The van der Waals surface area contributed by atoms with Gasteiger partial charge in [0.25, 0.3) is 0 Å². The summed E-state index contributed by atoms with van der Waals surface area (Å²) in [5.41, 5.74) is 1.23. The Morgan fingerprint density at radius 2 is 1.96 bits per heavy atom. The topological polar surface area (TPSA) is 80.6 Å². The molecule has 1 amide bonds. The van der Waals surface area contributed by atoms with Crippen molar-refractivity contribution in [2.75, 3.05) is 18.5 Å². The zero-order valence-electron chi connectivity index (χ0n) is 13.2. The fraction of sp³-hybridized carbons (Fsp3) is 0.294. The molecule has 2 rings (SSSR count). The van der Waals surface area contributed by atoms with Crippen molar-refractivity contribution >= 4 is 17.6 Å². The average molecular weight is 316 g/mol. The maximum absolute atomic E-state index is 11.9. The monoisotopic (exact) mass is 316 g/mol. The largest absolute Gasteiger partial charge is 0.467 e. The second kappa shape index (κ2) is 8.03. The van der Waals surface area contributed by atoms with Crippen LogP contribution < -0.4 is 10.6 Å². The summed E-state index contributed by atoms with van der Waals surface area (Å²) in [5, 5.41) is 5.83. The minimum absolute atomic E-state index is 0.129. The van der Waals surface area contributed by atoms with Crippen LogP contribution in [0.1, 0.15) is 36.0 Å². The highest BCUT2D eigenvalue weighted by Gasteiger charge is 2.11. The van der Waals surface area contributed by atoms with Crippen molar-refractivity contribution in [3.63, 3.8) is 0 Å². The zero-order valence-corrected chi connectivity index (χ0v) is 13.2. The molecule has 1 unspecified atom stereocenters. The molecule has 0 saturated heterocycles. The van der Waals surface area contributed by atoms with E-state index in [9.17, 15) is 9.59 Å². The van der Waals surface area contributed by atoms with Crippen molar-refractivity contribution in [2.24, 2.45) is 0 Å². The normalized spacial score (nSPS) is 11.6. The van der Waals surface area contributed by atoms with Crippen molar-refractivity contribution in [3.05, 3.63) is 54.0 Å². The van der Waals surface area contributed by atoms with Gasteiger partial charge in [-0.1, -0.05) is 0 Å². The number of hydrogen-bond donors (Lipinski definition) is 2. The maximum atomic E-state index is 11.9. The van der Waals surface area contributed by atoms with E-state index in [1.165, 1.54) is 0 Å². The molecule has 0 aliphatic carbocycles. The van der Waals surface area contributed by atoms with Gasteiger partial charge in [-0.25, -0.2) is 4.79 Å². The lowest BCUT2D eigenvalue weighted by Crippen LogP contribution is -2.31. The molecule has 0 bridgehead atoms. The lowest BCUT2D eigenvalue weighted by atomic mass is 10.2. The predicted molar refractivity (Wildman–Crippen MR) is 86.2 cm³/mol. The van der Waals surface area contributed by atoms with Crippen LogP contribution in [0, 0.1) is 0 Å². The summed E-state index contributed by atoms with van der Waals surface area (Å²) in [6.45, 7) is 4.08. The molecular weight excluding hydrogens is 296 g/mol. The van der Waals surface area contributed by atoms with Crippen molar-refractivity contribution < 1.29 is 18.7 Å². The van der Waals surface area contributed by atoms with Crippen molar-refractivity contribution in [1.29, 1.82) is 0 Å². The van der Waals surface area contributed by atoms with E-state index in [0.717, 1.165) is 5.69 Å². The average Bonchev–Trinajstić information content (AvgIpc) is 3.08. The first-order valence-corrected chi connectivity index (χ1v) is 7.44. The summed E-state index contributed by atoms with van der Waals surface area (Å²) in [7, 11) is 0. The van der Waals surface area contributed by atoms with E-state index in [1.54, 1.807) is 43.5 Å². The second-order valence-corrected chi connectivity index (χ2v) is 4.96. The van der Waals surface area contributed by atoms with Crippen molar-refractivity contribution in [1.82, 2.24) is 5.32 Å². The summed E-state index contributed by atoms with van der Waals surface area (Å²) in [5.74, 6) is 0.199. The Morgan fingerprint density at radius 1 is 1.22 bits per heavy atom. The summed E-state index contributed by atoms with van der Waals surface area (Å²) in [4.78, 5) is 23.4. The quantitative estimate of drug-likeness (QED) is 0.768. The number of furan rings is 1. The highest BCUT2D eigenvalue weighted by atomic mass is 16.5. The smallest absolute Gasteiger partial charge is 0.338 e. The second-order valence-electron chi connectivity index (χ2n) is 4.96. The molecule has 122 valence electrons. The van der Waals surface area contributed by atoms with E-state index in [4.69, 9.17) is 9.15 Å². The number of amides is 1. The minimum atomic E-state index is -0.357. The zero-order chi connectivity index (χ0) is 16.7. The Morgan fingerprint density at radius 3 is 2.57 bits per heavy atom. The third-order valence-corrected chi connectivity index (χ3v) is 3.20. The third-order valence-electron chi connectivity index (χ3n) is 3.20. The standard InChI is InChI=1S/C17H20N2O4/c1-3-22-17(21)13-6-8-14(9-7-13)18-11-16(20)19-12(2)15-5-4-10-23-15/h4-10,12,18H,3,11H2,1-2H3,(H,19,20). The van der Waals surface area contributed by atoms with Crippen LogP contribution in [-0.2, 0) is 9.53 Å². The molecule has 1 heterocycles. The van der Waals surface area contributed by atoms with Crippen LogP contribution >= 0.6 is 0 Å². The number of esters is 1. The van der Waals surface area contributed by atoms with Crippen LogP contribution in [0.5, 0.6) is 0 Å². The number of rotatable bonds is 7. The van der Waals surface area contributed by atoms with Crippen LogP contribution in [0.2, 0.25) is 0 Å². The molecule has 6 heteroatoms. The Labute approximate surface area is 134 Å². The SMILES string of the molecule is CCOC(=O)c1ccc(NCC(=O)NC(C)c2ccco2)cc1. The molecule has 0 saturated carbocycles. The molecule has 0 aliphatic rings. The van der Waals surface area contributed by atoms with Crippen LogP contribution in [0.15, 0.2) is 47.1 Å². The Bertz CT molecular complexity index is 635. The van der Waals surface area contributed by atoms with Gasteiger partial charge in [-0.2, -0.15) is 0 Å². The molecule has 1 aromatic carbocycles. The number of benzene rings is 1. The molecule has 2 N–H and O–H groups in total. The first-order chi connectivity index (χ1) is 11.1. The van der Waals surface area contributed by atoms with Gasteiger partial charge in [0.15, 0.2) is 0 Å². The lowest BCUT2D eigenvalue weighted by molar-refractivity contribution is -0.120. The fourth-order valence-corrected chi connectivity index (χ4v) is 2.02. The number of ether oxygens (including phenoxy) is 1. The van der Waals surface area contributed by atoms with Gasteiger partial charge in [-0.3, -0.25) is 4.79 Å². The maximum Gasteiger partial charge on any atom is 0.338 e. The van der Waals surface area contributed by atoms with E-state index >= 15 is 0 Å².